The maximum Gasteiger partial charge on any atom is 0.333 e. The number of urea groups is 1. The molecule has 7 heteroatoms. The minimum atomic E-state index is -1.54. The van der Waals surface area contributed by atoms with Crippen molar-refractivity contribution in [1.29, 1.82) is 0 Å². The number of rotatable bonds is 6. The van der Waals surface area contributed by atoms with Gasteiger partial charge in [0.25, 0.3) is 0 Å². The lowest BCUT2D eigenvalue weighted by molar-refractivity contribution is -0.144. The topological polar surface area (TPSA) is 108 Å². The van der Waals surface area contributed by atoms with Gasteiger partial charge in [0.15, 0.2) is 5.54 Å². The summed E-state index contributed by atoms with van der Waals surface area (Å²) >= 11 is 0. The van der Waals surface area contributed by atoms with Crippen LogP contribution < -0.4 is 16.0 Å². The Balaban J connectivity index is 2.69. The zero-order chi connectivity index (χ0) is 15.9. The molecule has 0 fully saturated rings. The Kier molecular flexibility index (Phi) is 5.71. The van der Waals surface area contributed by atoms with E-state index in [0.29, 0.717) is 5.56 Å². The third-order valence-electron chi connectivity index (χ3n) is 3.06. The Hall–Kier alpha value is -2.57. The summed E-state index contributed by atoms with van der Waals surface area (Å²) in [6.07, 6.45) is 0.124. The van der Waals surface area contributed by atoms with Gasteiger partial charge in [0.05, 0.1) is 0 Å². The standard InChI is InChI=1S/C14H19N3O4/c1-14(12(19)20,10-6-4-3-5-7-10)17-13(21)16-9-8-11(18)15-2/h3-7H,8-9H2,1-2H3,(H,15,18)(H,19,20)(H2,16,17,21). The molecule has 0 spiro atoms. The number of nitrogens with one attached hydrogen (secondary N) is 3. The predicted octanol–water partition coefficient (Wildman–Crippen LogP) is 0.422. The van der Waals surface area contributed by atoms with Crippen molar-refractivity contribution in [1.82, 2.24) is 16.0 Å². The highest BCUT2D eigenvalue weighted by Gasteiger charge is 2.36. The highest BCUT2D eigenvalue weighted by Crippen LogP contribution is 2.20. The lowest BCUT2D eigenvalue weighted by Crippen LogP contribution is -2.53. The Morgan fingerprint density at radius 3 is 2.33 bits per heavy atom. The van der Waals surface area contributed by atoms with Gasteiger partial charge in [0, 0.05) is 20.0 Å². The molecule has 21 heavy (non-hydrogen) atoms. The van der Waals surface area contributed by atoms with Crippen molar-refractivity contribution in [3.05, 3.63) is 35.9 Å². The molecule has 7 nitrogen and oxygen atoms in total. The maximum atomic E-state index is 11.8. The van der Waals surface area contributed by atoms with Crippen LogP contribution in [0.1, 0.15) is 18.9 Å². The average molecular weight is 293 g/mol. The summed E-state index contributed by atoms with van der Waals surface area (Å²) in [6.45, 7) is 1.53. The molecule has 4 N–H and O–H groups in total. The van der Waals surface area contributed by atoms with Gasteiger partial charge < -0.3 is 21.1 Å². The molecular weight excluding hydrogens is 274 g/mol. The highest BCUT2D eigenvalue weighted by atomic mass is 16.4. The van der Waals surface area contributed by atoms with Crippen LogP contribution in [0.25, 0.3) is 0 Å². The van der Waals surface area contributed by atoms with Crippen LogP contribution in [0.5, 0.6) is 0 Å². The predicted molar refractivity (Wildman–Crippen MR) is 76.6 cm³/mol. The van der Waals surface area contributed by atoms with E-state index in [1.54, 1.807) is 30.3 Å². The molecule has 0 aliphatic heterocycles. The zero-order valence-corrected chi connectivity index (χ0v) is 12.0. The van der Waals surface area contributed by atoms with Crippen molar-refractivity contribution in [2.45, 2.75) is 18.9 Å². The van der Waals surface area contributed by atoms with Crippen molar-refractivity contribution in [3.63, 3.8) is 0 Å². The van der Waals surface area contributed by atoms with Crippen LogP contribution in [0.4, 0.5) is 4.79 Å². The number of amides is 3. The van der Waals surface area contributed by atoms with Gasteiger partial charge in [-0.3, -0.25) is 4.79 Å². The van der Waals surface area contributed by atoms with E-state index < -0.39 is 17.5 Å². The minimum absolute atomic E-state index is 0.121. The van der Waals surface area contributed by atoms with Crippen LogP contribution in [-0.4, -0.2) is 36.6 Å². The first kappa shape index (κ1) is 16.5. The Morgan fingerprint density at radius 2 is 1.81 bits per heavy atom. The number of hydrogen-bond acceptors (Lipinski definition) is 3. The van der Waals surface area contributed by atoms with Gasteiger partial charge in [0.1, 0.15) is 0 Å². The number of hydrogen-bond donors (Lipinski definition) is 4. The first-order valence-electron chi connectivity index (χ1n) is 6.45. The summed E-state index contributed by atoms with van der Waals surface area (Å²) in [7, 11) is 1.50. The van der Waals surface area contributed by atoms with Crippen LogP contribution in [0.2, 0.25) is 0 Å². The molecule has 0 bridgehead atoms. The summed E-state index contributed by atoms with van der Waals surface area (Å²) in [4.78, 5) is 34.3. The molecule has 1 aromatic rings. The molecule has 1 rings (SSSR count). The molecule has 0 aromatic heterocycles. The zero-order valence-electron chi connectivity index (χ0n) is 12.0. The number of carboxylic acid groups (broad SMARTS) is 1. The van der Waals surface area contributed by atoms with Crippen molar-refractivity contribution in [2.24, 2.45) is 0 Å². The van der Waals surface area contributed by atoms with Crippen LogP contribution >= 0.6 is 0 Å². The molecule has 0 aliphatic rings. The Labute approximate surface area is 122 Å². The minimum Gasteiger partial charge on any atom is -0.479 e. The van der Waals surface area contributed by atoms with Crippen LogP contribution in [0.3, 0.4) is 0 Å². The van der Waals surface area contributed by atoms with E-state index in [9.17, 15) is 19.5 Å². The van der Waals surface area contributed by atoms with Crippen molar-refractivity contribution in [2.75, 3.05) is 13.6 Å². The Bertz CT molecular complexity index is 518. The summed E-state index contributed by atoms with van der Waals surface area (Å²) in [6, 6.07) is 7.75. The van der Waals surface area contributed by atoms with Crippen LogP contribution in [0, 0.1) is 0 Å². The summed E-state index contributed by atoms with van der Waals surface area (Å²) in [5.41, 5.74) is -1.09. The molecule has 0 radical (unpaired) electrons. The molecule has 1 unspecified atom stereocenters. The molecule has 0 saturated carbocycles. The molecule has 0 heterocycles. The van der Waals surface area contributed by atoms with Gasteiger partial charge in [-0.05, 0) is 12.5 Å². The summed E-state index contributed by atoms with van der Waals surface area (Å²) in [5, 5.41) is 16.7. The quantitative estimate of drug-likeness (QED) is 0.609. The van der Waals surface area contributed by atoms with Crippen LogP contribution in [-0.2, 0) is 15.1 Å². The lowest BCUT2D eigenvalue weighted by atomic mass is 9.92. The highest BCUT2D eigenvalue weighted by molar-refractivity contribution is 5.87. The molecule has 3 amide bonds. The van der Waals surface area contributed by atoms with Gasteiger partial charge in [-0.1, -0.05) is 30.3 Å². The van der Waals surface area contributed by atoms with Gasteiger partial charge in [-0.25, -0.2) is 9.59 Å². The average Bonchev–Trinajstić information content (AvgIpc) is 2.47. The third kappa shape index (κ3) is 4.48. The molecule has 1 atom stereocenters. The van der Waals surface area contributed by atoms with Gasteiger partial charge >= 0.3 is 12.0 Å². The number of aliphatic carboxylic acids is 1. The SMILES string of the molecule is CNC(=O)CCNC(=O)NC(C)(C(=O)O)c1ccccc1. The molecular formula is C14H19N3O4. The number of benzene rings is 1. The van der Waals surface area contributed by atoms with E-state index in [4.69, 9.17) is 0 Å². The van der Waals surface area contributed by atoms with Crippen LogP contribution in [0.15, 0.2) is 30.3 Å². The smallest absolute Gasteiger partial charge is 0.333 e. The summed E-state index contributed by atoms with van der Waals surface area (Å²) < 4.78 is 0. The fraction of sp³-hybridized carbons (Fsp3) is 0.357. The normalized spacial score (nSPS) is 12.9. The number of carboxylic acids is 1. The second kappa shape index (κ2) is 7.28. The maximum absolute atomic E-state index is 11.8. The Morgan fingerprint density at radius 1 is 1.19 bits per heavy atom. The van der Waals surface area contributed by atoms with Gasteiger partial charge in [-0.15, -0.1) is 0 Å². The number of carbonyl (C=O) groups is 3. The van der Waals surface area contributed by atoms with E-state index in [0.717, 1.165) is 0 Å². The summed E-state index contributed by atoms with van der Waals surface area (Å²) in [5.74, 6) is -1.38. The van der Waals surface area contributed by atoms with E-state index in [2.05, 4.69) is 16.0 Å². The van der Waals surface area contributed by atoms with E-state index in [1.165, 1.54) is 14.0 Å². The first-order chi connectivity index (χ1) is 9.90. The van der Waals surface area contributed by atoms with E-state index in [-0.39, 0.29) is 18.9 Å². The van der Waals surface area contributed by atoms with Gasteiger partial charge in [-0.2, -0.15) is 0 Å². The lowest BCUT2D eigenvalue weighted by Gasteiger charge is -2.26. The third-order valence-corrected chi connectivity index (χ3v) is 3.06. The van der Waals surface area contributed by atoms with Crippen molar-refractivity contribution >= 4 is 17.9 Å². The van der Waals surface area contributed by atoms with E-state index in [1.807, 2.05) is 0 Å². The molecule has 0 saturated heterocycles. The second-order valence-corrected chi connectivity index (χ2v) is 4.60. The van der Waals surface area contributed by atoms with Crippen molar-refractivity contribution in [3.8, 4) is 0 Å². The molecule has 114 valence electrons. The second-order valence-electron chi connectivity index (χ2n) is 4.60. The largest absolute Gasteiger partial charge is 0.479 e. The monoisotopic (exact) mass is 293 g/mol. The number of carbonyl (C=O) groups excluding carboxylic acids is 2. The fourth-order valence-corrected chi connectivity index (χ4v) is 1.71. The van der Waals surface area contributed by atoms with E-state index >= 15 is 0 Å². The first-order valence-corrected chi connectivity index (χ1v) is 6.45. The molecule has 1 aromatic carbocycles. The van der Waals surface area contributed by atoms with Gasteiger partial charge in [0.2, 0.25) is 5.91 Å². The van der Waals surface area contributed by atoms with Crippen molar-refractivity contribution < 1.29 is 19.5 Å². The fourth-order valence-electron chi connectivity index (χ4n) is 1.71. The molecule has 0 aliphatic carbocycles.